The largest absolute Gasteiger partial charge is 0.460 e. The molecule has 4 nitrogen and oxygen atoms in total. The number of ether oxygens (including phenoxy) is 1. The monoisotopic (exact) mass is 336 g/mol. The molecule has 0 bridgehead atoms. The summed E-state index contributed by atoms with van der Waals surface area (Å²) in [5, 5.41) is 0.783. The van der Waals surface area contributed by atoms with Gasteiger partial charge in [0.2, 0.25) is 0 Å². The van der Waals surface area contributed by atoms with Crippen LogP contribution in [0.5, 0.6) is 0 Å². The fraction of sp³-hybridized carbons (Fsp3) is 0.238. The summed E-state index contributed by atoms with van der Waals surface area (Å²) in [7, 11) is 0. The van der Waals surface area contributed by atoms with Crippen molar-refractivity contribution in [1.82, 2.24) is 0 Å². The minimum atomic E-state index is -0.445. The van der Waals surface area contributed by atoms with E-state index in [-0.39, 0.29) is 18.5 Å². The van der Waals surface area contributed by atoms with Crippen molar-refractivity contribution in [1.29, 1.82) is 0 Å². The predicted molar refractivity (Wildman–Crippen MR) is 96.5 cm³/mol. The molecule has 0 aliphatic carbocycles. The van der Waals surface area contributed by atoms with Gasteiger partial charge in [0.05, 0.1) is 5.92 Å². The highest BCUT2D eigenvalue weighted by molar-refractivity contribution is 5.82. The fourth-order valence-corrected chi connectivity index (χ4v) is 2.93. The molecule has 0 N–H and O–H groups in total. The normalized spacial score (nSPS) is 12.1. The second-order valence-electron chi connectivity index (χ2n) is 6.07. The Balaban J connectivity index is 1.82. The highest BCUT2D eigenvalue weighted by Crippen LogP contribution is 2.23. The van der Waals surface area contributed by atoms with Crippen LogP contribution in [0.25, 0.3) is 11.0 Å². The van der Waals surface area contributed by atoms with Gasteiger partial charge in [0.15, 0.2) is 0 Å². The molecule has 0 unspecified atom stereocenters. The molecule has 3 aromatic rings. The smallest absolute Gasteiger partial charge is 0.336 e. The number of aryl methyl sites for hydroxylation is 1. The number of carbonyl (C=O) groups is 1. The van der Waals surface area contributed by atoms with Gasteiger partial charge in [-0.05, 0) is 30.5 Å². The van der Waals surface area contributed by atoms with E-state index in [4.69, 9.17) is 9.15 Å². The first kappa shape index (κ1) is 17.0. The summed E-state index contributed by atoms with van der Waals surface area (Å²) >= 11 is 0. The van der Waals surface area contributed by atoms with Gasteiger partial charge in [-0.25, -0.2) is 4.79 Å². The molecule has 2 aromatic carbocycles. The molecular formula is C21H20O4. The van der Waals surface area contributed by atoms with Gasteiger partial charge in [-0.15, -0.1) is 0 Å². The Morgan fingerprint density at radius 2 is 1.88 bits per heavy atom. The van der Waals surface area contributed by atoms with Crippen molar-refractivity contribution in [2.24, 2.45) is 0 Å². The SMILES string of the molecule is CC[C@@H](C(=O)OCc1cc(=O)oc2cc(C)ccc12)c1ccccc1. The van der Waals surface area contributed by atoms with E-state index in [2.05, 4.69) is 0 Å². The number of carbonyl (C=O) groups excluding carboxylic acids is 1. The average molecular weight is 336 g/mol. The molecule has 25 heavy (non-hydrogen) atoms. The van der Waals surface area contributed by atoms with Crippen LogP contribution in [0.3, 0.4) is 0 Å². The lowest BCUT2D eigenvalue weighted by Crippen LogP contribution is -2.16. The Kier molecular flexibility index (Phi) is 4.98. The number of fused-ring (bicyclic) bond motifs is 1. The maximum atomic E-state index is 12.5. The third-order valence-corrected chi connectivity index (χ3v) is 4.25. The second kappa shape index (κ2) is 7.34. The molecule has 0 aliphatic rings. The van der Waals surface area contributed by atoms with Crippen LogP contribution >= 0.6 is 0 Å². The van der Waals surface area contributed by atoms with Gasteiger partial charge in [0.1, 0.15) is 12.2 Å². The van der Waals surface area contributed by atoms with Crippen molar-refractivity contribution < 1.29 is 13.9 Å². The number of benzene rings is 2. The molecule has 128 valence electrons. The van der Waals surface area contributed by atoms with E-state index in [0.29, 0.717) is 17.6 Å². The van der Waals surface area contributed by atoms with Gasteiger partial charge in [-0.3, -0.25) is 4.79 Å². The molecule has 0 amide bonds. The van der Waals surface area contributed by atoms with Gasteiger partial charge < -0.3 is 9.15 Å². The van der Waals surface area contributed by atoms with Crippen LogP contribution in [-0.4, -0.2) is 5.97 Å². The topological polar surface area (TPSA) is 56.5 Å². The molecular weight excluding hydrogens is 316 g/mol. The fourth-order valence-electron chi connectivity index (χ4n) is 2.93. The Bertz CT molecular complexity index is 941. The van der Waals surface area contributed by atoms with E-state index in [0.717, 1.165) is 16.5 Å². The van der Waals surface area contributed by atoms with E-state index in [1.807, 2.05) is 56.3 Å². The number of hydrogen-bond acceptors (Lipinski definition) is 4. The Labute approximate surface area is 146 Å². The van der Waals surface area contributed by atoms with Gasteiger partial charge in [-0.2, -0.15) is 0 Å². The molecule has 0 aliphatic heterocycles. The Morgan fingerprint density at radius 3 is 2.60 bits per heavy atom. The van der Waals surface area contributed by atoms with Crippen LogP contribution in [0, 0.1) is 6.92 Å². The van der Waals surface area contributed by atoms with Gasteiger partial charge in [0.25, 0.3) is 0 Å². The predicted octanol–water partition coefficient (Wildman–Crippen LogP) is 4.34. The summed E-state index contributed by atoms with van der Waals surface area (Å²) in [6.07, 6.45) is 0.652. The second-order valence-corrected chi connectivity index (χ2v) is 6.07. The first-order valence-corrected chi connectivity index (χ1v) is 8.33. The van der Waals surface area contributed by atoms with Crippen LogP contribution in [0.15, 0.2) is 63.8 Å². The van der Waals surface area contributed by atoms with E-state index in [1.165, 1.54) is 6.07 Å². The molecule has 0 radical (unpaired) electrons. The van der Waals surface area contributed by atoms with Crippen LogP contribution in [0.4, 0.5) is 0 Å². The Hall–Kier alpha value is -2.88. The van der Waals surface area contributed by atoms with Crippen molar-refractivity contribution in [2.45, 2.75) is 32.8 Å². The van der Waals surface area contributed by atoms with Crippen molar-refractivity contribution in [3.63, 3.8) is 0 Å². The highest BCUT2D eigenvalue weighted by atomic mass is 16.5. The highest BCUT2D eigenvalue weighted by Gasteiger charge is 2.20. The lowest BCUT2D eigenvalue weighted by molar-refractivity contribution is -0.146. The van der Waals surface area contributed by atoms with Gasteiger partial charge in [-0.1, -0.05) is 49.4 Å². The summed E-state index contributed by atoms with van der Waals surface area (Å²) in [5.41, 5.74) is 2.65. The lowest BCUT2D eigenvalue weighted by atomic mass is 9.97. The minimum Gasteiger partial charge on any atom is -0.460 e. The third-order valence-electron chi connectivity index (χ3n) is 4.25. The zero-order chi connectivity index (χ0) is 17.8. The lowest BCUT2D eigenvalue weighted by Gasteiger charge is -2.15. The summed E-state index contributed by atoms with van der Waals surface area (Å²) in [4.78, 5) is 24.3. The number of rotatable bonds is 5. The van der Waals surface area contributed by atoms with Crippen LogP contribution in [0.2, 0.25) is 0 Å². The molecule has 0 saturated carbocycles. The molecule has 4 heteroatoms. The van der Waals surface area contributed by atoms with Crippen molar-refractivity contribution in [3.8, 4) is 0 Å². The quantitative estimate of drug-likeness (QED) is 0.514. The van der Waals surface area contributed by atoms with E-state index in [9.17, 15) is 9.59 Å². The molecule has 1 atom stereocenters. The molecule has 0 fully saturated rings. The molecule has 1 heterocycles. The minimum absolute atomic E-state index is 0.0489. The number of hydrogen-bond donors (Lipinski definition) is 0. The first-order chi connectivity index (χ1) is 12.1. The Morgan fingerprint density at radius 1 is 1.12 bits per heavy atom. The van der Waals surface area contributed by atoms with E-state index in [1.54, 1.807) is 6.07 Å². The van der Waals surface area contributed by atoms with Crippen molar-refractivity contribution in [2.75, 3.05) is 0 Å². The zero-order valence-electron chi connectivity index (χ0n) is 14.3. The maximum Gasteiger partial charge on any atom is 0.336 e. The number of esters is 1. The first-order valence-electron chi connectivity index (χ1n) is 8.33. The molecule has 0 saturated heterocycles. The standard InChI is InChI=1S/C21H20O4/c1-3-17(15-7-5-4-6-8-15)21(23)24-13-16-12-20(22)25-19-11-14(2)9-10-18(16)19/h4-12,17H,3,13H2,1-2H3/t17-/m1/s1. The van der Waals surface area contributed by atoms with Crippen LogP contribution in [-0.2, 0) is 16.1 Å². The molecule has 1 aromatic heterocycles. The summed E-state index contributed by atoms with van der Waals surface area (Å²) in [5.74, 6) is -0.600. The maximum absolute atomic E-state index is 12.5. The van der Waals surface area contributed by atoms with E-state index >= 15 is 0 Å². The van der Waals surface area contributed by atoms with E-state index < -0.39 is 5.63 Å². The summed E-state index contributed by atoms with van der Waals surface area (Å²) < 4.78 is 10.7. The van der Waals surface area contributed by atoms with Gasteiger partial charge >= 0.3 is 11.6 Å². The van der Waals surface area contributed by atoms with Crippen molar-refractivity contribution >= 4 is 16.9 Å². The molecule has 0 spiro atoms. The molecule has 3 rings (SSSR count). The van der Waals surface area contributed by atoms with Crippen LogP contribution < -0.4 is 5.63 Å². The summed E-state index contributed by atoms with van der Waals surface area (Å²) in [6, 6.07) is 16.6. The third kappa shape index (κ3) is 3.79. The zero-order valence-corrected chi connectivity index (χ0v) is 14.3. The van der Waals surface area contributed by atoms with Gasteiger partial charge in [0, 0.05) is 17.0 Å². The average Bonchev–Trinajstić information content (AvgIpc) is 2.60. The summed E-state index contributed by atoms with van der Waals surface area (Å²) in [6.45, 7) is 3.93. The van der Waals surface area contributed by atoms with Crippen molar-refractivity contribution in [3.05, 3.63) is 81.7 Å². The van der Waals surface area contributed by atoms with Crippen LogP contribution in [0.1, 0.15) is 36.0 Å².